The van der Waals surface area contributed by atoms with Gasteiger partial charge in [-0.3, -0.25) is 0 Å². The Hall–Kier alpha value is -2.29. The van der Waals surface area contributed by atoms with Crippen molar-refractivity contribution in [2.24, 2.45) is 0 Å². The zero-order valence-corrected chi connectivity index (χ0v) is 12.3. The molecule has 0 unspecified atom stereocenters. The van der Waals surface area contributed by atoms with Crippen LogP contribution in [0.15, 0.2) is 48.7 Å². The molecule has 3 heteroatoms. The summed E-state index contributed by atoms with van der Waals surface area (Å²) < 4.78 is 20.9. The van der Waals surface area contributed by atoms with E-state index in [0.717, 1.165) is 12.0 Å². The summed E-state index contributed by atoms with van der Waals surface area (Å²) in [6.45, 7) is 2.81. The first-order chi connectivity index (χ1) is 10.2. The molecule has 0 saturated heterocycles. The monoisotopic (exact) mass is 283 g/mol. The lowest BCUT2D eigenvalue weighted by Gasteiger charge is -2.10. The number of nitrogens with zero attached hydrogens (tertiary/aromatic N) is 1. The Kier molecular flexibility index (Phi) is 3.65. The second kappa shape index (κ2) is 5.60. The average molecular weight is 283 g/mol. The molecule has 0 radical (unpaired) electrons. The first-order valence-electron chi connectivity index (χ1n) is 7.12. The minimum atomic E-state index is -0.317. The summed E-state index contributed by atoms with van der Waals surface area (Å²) in [6, 6.07) is 13.6. The SMILES string of the molecule is CCc1cccc2ccn(Cc3ccc(OC)c(F)c3)c12. The summed E-state index contributed by atoms with van der Waals surface area (Å²) in [4.78, 5) is 0. The maximum atomic E-state index is 13.8. The highest BCUT2D eigenvalue weighted by atomic mass is 19.1. The Morgan fingerprint density at radius 2 is 2.00 bits per heavy atom. The molecule has 3 rings (SSSR count). The third-order valence-corrected chi connectivity index (χ3v) is 3.82. The van der Waals surface area contributed by atoms with Crippen LogP contribution in [0.4, 0.5) is 4.39 Å². The van der Waals surface area contributed by atoms with E-state index in [4.69, 9.17) is 4.74 Å². The predicted molar refractivity (Wildman–Crippen MR) is 83.4 cm³/mol. The van der Waals surface area contributed by atoms with Crippen molar-refractivity contribution < 1.29 is 9.13 Å². The molecule has 1 heterocycles. The van der Waals surface area contributed by atoms with Gasteiger partial charge in [0.05, 0.1) is 12.6 Å². The van der Waals surface area contributed by atoms with Crippen LogP contribution >= 0.6 is 0 Å². The number of benzene rings is 2. The van der Waals surface area contributed by atoms with Gasteiger partial charge in [0, 0.05) is 12.7 Å². The second-order valence-corrected chi connectivity index (χ2v) is 5.12. The first-order valence-corrected chi connectivity index (χ1v) is 7.12. The number of fused-ring (bicyclic) bond motifs is 1. The Morgan fingerprint density at radius 1 is 1.14 bits per heavy atom. The fourth-order valence-corrected chi connectivity index (χ4v) is 2.76. The van der Waals surface area contributed by atoms with E-state index in [1.54, 1.807) is 12.1 Å². The van der Waals surface area contributed by atoms with Crippen LogP contribution in [-0.2, 0) is 13.0 Å². The van der Waals surface area contributed by atoms with E-state index in [2.05, 4.69) is 42.0 Å². The molecule has 108 valence electrons. The number of hydrogen-bond donors (Lipinski definition) is 0. The van der Waals surface area contributed by atoms with Gasteiger partial charge in [-0.1, -0.05) is 31.2 Å². The van der Waals surface area contributed by atoms with Gasteiger partial charge in [-0.15, -0.1) is 0 Å². The number of aryl methyl sites for hydroxylation is 1. The number of aromatic nitrogens is 1. The Morgan fingerprint density at radius 3 is 2.71 bits per heavy atom. The molecule has 0 aliphatic rings. The molecule has 0 aliphatic carbocycles. The molecule has 21 heavy (non-hydrogen) atoms. The number of halogens is 1. The number of hydrogen-bond acceptors (Lipinski definition) is 1. The van der Waals surface area contributed by atoms with Gasteiger partial charge >= 0.3 is 0 Å². The van der Waals surface area contributed by atoms with E-state index in [1.807, 2.05) is 6.07 Å². The van der Waals surface area contributed by atoms with Crippen molar-refractivity contribution >= 4 is 10.9 Å². The molecule has 0 amide bonds. The summed E-state index contributed by atoms with van der Waals surface area (Å²) >= 11 is 0. The highest BCUT2D eigenvalue weighted by Gasteiger charge is 2.08. The maximum Gasteiger partial charge on any atom is 0.165 e. The van der Waals surface area contributed by atoms with Gasteiger partial charge < -0.3 is 9.30 Å². The lowest BCUT2D eigenvalue weighted by molar-refractivity contribution is 0.386. The van der Waals surface area contributed by atoms with Gasteiger partial charge in [0.15, 0.2) is 11.6 Å². The second-order valence-electron chi connectivity index (χ2n) is 5.12. The van der Waals surface area contributed by atoms with Crippen molar-refractivity contribution in [2.75, 3.05) is 7.11 Å². The maximum absolute atomic E-state index is 13.8. The quantitative estimate of drug-likeness (QED) is 0.692. The number of ether oxygens (including phenoxy) is 1. The fraction of sp³-hybridized carbons (Fsp3) is 0.222. The molecule has 0 saturated carbocycles. The van der Waals surface area contributed by atoms with Crippen molar-refractivity contribution in [1.82, 2.24) is 4.57 Å². The molecule has 2 nitrogen and oxygen atoms in total. The number of methoxy groups -OCH3 is 1. The predicted octanol–water partition coefficient (Wildman–Crippen LogP) is 4.40. The lowest BCUT2D eigenvalue weighted by atomic mass is 10.1. The molecule has 0 fully saturated rings. The smallest absolute Gasteiger partial charge is 0.165 e. The van der Waals surface area contributed by atoms with E-state index in [-0.39, 0.29) is 11.6 Å². The summed E-state index contributed by atoms with van der Waals surface area (Å²) in [6.07, 6.45) is 3.05. The summed E-state index contributed by atoms with van der Waals surface area (Å²) in [5.41, 5.74) is 3.47. The highest BCUT2D eigenvalue weighted by Crippen LogP contribution is 2.23. The van der Waals surface area contributed by atoms with E-state index in [0.29, 0.717) is 6.54 Å². The zero-order valence-electron chi connectivity index (χ0n) is 12.3. The number of rotatable bonds is 4. The van der Waals surface area contributed by atoms with E-state index < -0.39 is 0 Å². The molecule has 0 aliphatic heterocycles. The van der Waals surface area contributed by atoms with Crippen LogP contribution in [0.25, 0.3) is 10.9 Å². The van der Waals surface area contributed by atoms with Crippen LogP contribution in [0.2, 0.25) is 0 Å². The van der Waals surface area contributed by atoms with Gasteiger partial charge in [0.25, 0.3) is 0 Å². The zero-order chi connectivity index (χ0) is 14.8. The normalized spacial score (nSPS) is 11.0. The molecule has 0 N–H and O–H groups in total. The lowest BCUT2D eigenvalue weighted by Crippen LogP contribution is -2.01. The van der Waals surface area contributed by atoms with Crippen molar-refractivity contribution in [3.8, 4) is 5.75 Å². The third-order valence-electron chi connectivity index (χ3n) is 3.82. The van der Waals surface area contributed by atoms with E-state index in [1.165, 1.54) is 23.6 Å². The third kappa shape index (κ3) is 2.51. The highest BCUT2D eigenvalue weighted by molar-refractivity contribution is 5.83. The van der Waals surface area contributed by atoms with Crippen LogP contribution in [0, 0.1) is 5.82 Å². The molecule has 3 aromatic rings. The van der Waals surface area contributed by atoms with Crippen LogP contribution in [0.3, 0.4) is 0 Å². The van der Waals surface area contributed by atoms with Crippen LogP contribution in [0.5, 0.6) is 5.75 Å². The van der Waals surface area contributed by atoms with Crippen molar-refractivity contribution in [2.45, 2.75) is 19.9 Å². The summed E-state index contributed by atoms with van der Waals surface area (Å²) in [7, 11) is 1.48. The summed E-state index contributed by atoms with van der Waals surface area (Å²) in [5, 5.41) is 1.23. The van der Waals surface area contributed by atoms with Gasteiger partial charge in [-0.25, -0.2) is 4.39 Å². The Labute approximate surface area is 123 Å². The van der Waals surface area contributed by atoms with Crippen molar-refractivity contribution in [1.29, 1.82) is 0 Å². The fourth-order valence-electron chi connectivity index (χ4n) is 2.76. The molecular weight excluding hydrogens is 265 g/mol. The van der Waals surface area contributed by atoms with Gasteiger partial charge in [0.1, 0.15) is 0 Å². The van der Waals surface area contributed by atoms with Crippen LogP contribution < -0.4 is 4.74 Å². The van der Waals surface area contributed by atoms with Gasteiger partial charge in [0.2, 0.25) is 0 Å². The minimum absolute atomic E-state index is 0.283. The minimum Gasteiger partial charge on any atom is -0.494 e. The molecule has 2 aromatic carbocycles. The topological polar surface area (TPSA) is 14.2 Å². The standard InChI is InChI=1S/C18H18FNO/c1-3-14-5-4-6-15-9-10-20(18(14)15)12-13-7-8-17(21-2)16(19)11-13/h4-11H,3,12H2,1-2H3. The summed E-state index contributed by atoms with van der Waals surface area (Å²) in [5.74, 6) is -0.0347. The molecule has 0 spiro atoms. The van der Waals surface area contributed by atoms with Crippen LogP contribution in [0.1, 0.15) is 18.1 Å². The first kappa shape index (κ1) is 13.7. The molecule has 1 aromatic heterocycles. The Balaban J connectivity index is 2.00. The van der Waals surface area contributed by atoms with Crippen LogP contribution in [-0.4, -0.2) is 11.7 Å². The van der Waals surface area contributed by atoms with E-state index in [9.17, 15) is 4.39 Å². The average Bonchev–Trinajstić information content (AvgIpc) is 2.91. The number of para-hydroxylation sites is 1. The van der Waals surface area contributed by atoms with Crippen molar-refractivity contribution in [3.63, 3.8) is 0 Å². The molecule has 0 atom stereocenters. The molecular formula is C18H18FNO. The van der Waals surface area contributed by atoms with E-state index >= 15 is 0 Å². The largest absolute Gasteiger partial charge is 0.494 e. The Bertz CT molecular complexity index is 776. The van der Waals surface area contributed by atoms with Gasteiger partial charge in [-0.05, 0) is 41.1 Å². The molecule has 0 bridgehead atoms. The van der Waals surface area contributed by atoms with Gasteiger partial charge in [-0.2, -0.15) is 0 Å². The van der Waals surface area contributed by atoms with Crippen molar-refractivity contribution in [3.05, 3.63) is 65.6 Å².